The molecular formula is C13H18BrN. The molecule has 0 aliphatic carbocycles. The van der Waals surface area contributed by atoms with Gasteiger partial charge < -0.3 is 4.90 Å². The van der Waals surface area contributed by atoms with Crippen molar-refractivity contribution < 1.29 is 0 Å². The van der Waals surface area contributed by atoms with Gasteiger partial charge in [-0.1, -0.05) is 40.5 Å². The lowest BCUT2D eigenvalue weighted by Gasteiger charge is -2.18. The van der Waals surface area contributed by atoms with Gasteiger partial charge in [-0.05, 0) is 30.9 Å². The number of nitrogens with zero attached hydrogens (tertiary/aromatic N) is 1. The number of anilines is 1. The molecule has 1 aromatic rings. The number of hydrogen-bond acceptors (Lipinski definition) is 1. The summed E-state index contributed by atoms with van der Waals surface area (Å²) in [5.74, 6) is 0. The van der Waals surface area contributed by atoms with Gasteiger partial charge in [-0.15, -0.1) is 0 Å². The highest BCUT2D eigenvalue weighted by Gasteiger charge is 2.16. The molecule has 0 N–H and O–H groups in total. The molecule has 0 saturated carbocycles. The highest BCUT2D eigenvalue weighted by molar-refractivity contribution is 9.09. The van der Waals surface area contributed by atoms with Crippen molar-refractivity contribution in [1.29, 1.82) is 0 Å². The van der Waals surface area contributed by atoms with Crippen LogP contribution in [0.3, 0.4) is 0 Å². The largest absolute Gasteiger partial charge is 0.371 e. The fraction of sp³-hybridized carbons (Fsp3) is 0.538. The number of hydrogen-bond donors (Lipinski definition) is 0. The quantitative estimate of drug-likeness (QED) is 0.582. The number of fused-ring (bicyclic) bond motifs is 1. The number of rotatable bonds is 5. The van der Waals surface area contributed by atoms with Crippen molar-refractivity contribution in [3.8, 4) is 0 Å². The second-order valence-corrected chi connectivity index (χ2v) is 4.91. The van der Waals surface area contributed by atoms with Crippen LogP contribution in [0.25, 0.3) is 0 Å². The molecule has 1 nitrogen and oxygen atoms in total. The molecule has 2 heteroatoms. The van der Waals surface area contributed by atoms with Crippen LogP contribution in [-0.4, -0.2) is 18.4 Å². The first-order valence-electron chi connectivity index (χ1n) is 5.80. The van der Waals surface area contributed by atoms with E-state index in [9.17, 15) is 0 Å². The SMILES string of the molecule is BrCCCCCN1CCc2ccccc21. The molecule has 1 heterocycles. The number of alkyl halides is 1. The first-order valence-corrected chi connectivity index (χ1v) is 6.93. The van der Waals surface area contributed by atoms with Gasteiger partial charge in [0.2, 0.25) is 0 Å². The summed E-state index contributed by atoms with van der Waals surface area (Å²) in [5, 5.41) is 1.14. The lowest BCUT2D eigenvalue weighted by atomic mass is 10.2. The van der Waals surface area contributed by atoms with Crippen molar-refractivity contribution in [2.75, 3.05) is 23.3 Å². The number of halogens is 1. The van der Waals surface area contributed by atoms with Crippen LogP contribution in [0.1, 0.15) is 24.8 Å². The van der Waals surface area contributed by atoms with Gasteiger partial charge in [-0.3, -0.25) is 0 Å². The van der Waals surface area contributed by atoms with Crippen LogP contribution < -0.4 is 4.90 Å². The van der Waals surface area contributed by atoms with Crippen molar-refractivity contribution in [3.05, 3.63) is 29.8 Å². The monoisotopic (exact) mass is 267 g/mol. The van der Waals surface area contributed by atoms with Crippen molar-refractivity contribution >= 4 is 21.6 Å². The lowest BCUT2D eigenvalue weighted by molar-refractivity contribution is 0.693. The molecule has 0 aromatic heterocycles. The molecule has 0 unspecified atom stereocenters. The van der Waals surface area contributed by atoms with E-state index in [1.165, 1.54) is 50.0 Å². The summed E-state index contributed by atoms with van der Waals surface area (Å²) in [7, 11) is 0. The molecule has 82 valence electrons. The topological polar surface area (TPSA) is 3.24 Å². The van der Waals surface area contributed by atoms with Gasteiger partial charge in [-0.2, -0.15) is 0 Å². The van der Waals surface area contributed by atoms with Crippen molar-refractivity contribution in [2.45, 2.75) is 25.7 Å². The fourth-order valence-corrected chi connectivity index (χ4v) is 2.61. The summed E-state index contributed by atoms with van der Waals surface area (Å²) in [6.45, 7) is 2.44. The van der Waals surface area contributed by atoms with Crippen molar-refractivity contribution in [2.24, 2.45) is 0 Å². The molecule has 15 heavy (non-hydrogen) atoms. The van der Waals surface area contributed by atoms with E-state index in [0.717, 1.165) is 5.33 Å². The van der Waals surface area contributed by atoms with E-state index in [-0.39, 0.29) is 0 Å². The van der Waals surface area contributed by atoms with E-state index in [4.69, 9.17) is 0 Å². The van der Waals surface area contributed by atoms with Gasteiger partial charge in [0.1, 0.15) is 0 Å². The van der Waals surface area contributed by atoms with Crippen LogP contribution in [0.15, 0.2) is 24.3 Å². The minimum absolute atomic E-state index is 1.14. The van der Waals surface area contributed by atoms with Gasteiger partial charge >= 0.3 is 0 Å². The second-order valence-electron chi connectivity index (χ2n) is 4.12. The predicted molar refractivity (Wildman–Crippen MR) is 70.0 cm³/mol. The van der Waals surface area contributed by atoms with Gasteiger partial charge in [0, 0.05) is 24.1 Å². The first kappa shape index (κ1) is 11.0. The van der Waals surface area contributed by atoms with Crippen LogP contribution in [0.2, 0.25) is 0 Å². The maximum Gasteiger partial charge on any atom is 0.0399 e. The summed E-state index contributed by atoms with van der Waals surface area (Å²) in [6, 6.07) is 8.81. The normalized spacial score (nSPS) is 14.3. The summed E-state index contributed by atoms with van der Waals surface area (Å²) in [4.78, 5) is 2.53. The Morgan fingerprint density at radius 3 is 2.87 bits per heavy atom. The van der Waals surface area contributed by atoms with Crippen LogP contribution in [-0.2, 0) is 6.42 Å². The number of para-hydroxylation sites is 1. The molecule has 2 rings (SSSR count). The zero-order valence-corrected chi connectivity index (χ0v) is 10.7. The minimum atomic E-state index is 1.14. The average Bonchev–Trinajstić information content (AvgIpc) is 2.68. The Kier molecular flexibility index (Phi) is 4.07. The Labute approximate surface area is 101 Å². The third-order valence-electron chi connectivity index (χ3n) is 3.05. The summed E-state index contributed by atoms with van der Waals surface area (Å²) in [6.07, 6.45) is 5.19. The predicted octanol–water partition coefficient (Wildman–Crippen LogP) is 3.61. The van der Waals surface area contributed by atoms with Gasteiger partial charge in [-0.25, -0.2) is 0 Å². The lowest BCUT2D eigenvalue weighted by Crippen LogP contribution is -2.21. The van der Waals surface area contributed by atoms with Crippen LogP contribution in [0.4, 0.5) is 5.69 Å². The Balaban J connectivity index is 1.85. The zero-order chi connectivity index (χ0) is 10.5. The molecule has 0 atom stereocenters. The van der Waals surface area contributed by atoms with Gasteiger partial charge in [0.05, 0.1) is 0 Å². The zero-order valence-electron chi connectivity index (χ0n) is 9.08. The highest BCUT2D eigenvalue weighted by Crippen LogP contribution is 2.27. The van der Waals surface area contributed by atoms with E-state index in [0.29, 0.717) is 0 Å². The van der Waals surface area contributed by atoms with E-state index in [1.807, 2.05) is 0 Å². The average molecular weight is 268 g/mol. The molecule has 0 radical (unpaired) electrons. The molecule has 1 aromatic carbocycles. The van der Waals surface area contributed by atoms with Gasteiger partial charge in [0.25, 0.3) is 0 Å². The number of unbranched alkanes of at least 4 members (excludes halogenated alkanes) is 2. The number of benzene rings is 1. The fourth-order valence-electron chi connectivity index (χ4n) is 2.21. The van der Waals surface area contributed by atoms with Crippen LogP contribution in [0, 0.1) is 0 Å². The molecular weight excluding hydrogens is 250 g/mol. The molecule has 1 aliphatic heterocycles. The molecule has 0 saturated heterocycles. The van der Waals surface area contributed by atoms with Crippen molar-refractivity contribution in [3.63, 3.8) is 0 Å². The van der Waals surface area contributed by atoms with E-state index in [2.05, 4.69) is 45.1 Å². The van der Waals surface area contributed by atoms with Crippen LogP contribution in [0.5, 0.6) is 0 Å². The molecule has 0 spiro atoms. The standard InChI is InChI=1S/C13H18BrN/c14-9-4-1-5-10-15-11-8-12-6-2-3-7-13(12)15/h2-3,6-7H,1,4-5,8-11H2. The summed E-state index contributed by atoms with van der Waals surface area (Å²) < 4.78 is 0. The first-order chi connectivity index (χ1) is 7.42. The Morgan fingerprint density at radius 1 is 1.13 bits per heavy atom. The van der Waals surface area contributed by atoms with E-state index < -0.39 is 0 Å². The van der Waals surface area contributed by atoms with Crippen LogP contribution >= 0.6 is 15.9 Å². The van der Waals surface area contributed by atoms with Crippen molar-refractivity contribution in [1.82, 2.24) is 0 Å². The smallest absolute Gasteiger partial charge is 0.0399 e. The Bertz CT molecular complexity index is 311. The Hall–Kier alpha value is -0.500. The second kappa shape index (κ2) is 5.55. The molecule has 1 aliphatic rings. The van der Waals surface area contributed by atoms with E-state index >= 15 is 0 Å². The van der Waals surface area contributed by atoms with Gasteiger partial charge in [0.15, 0.2) is 0 Å². The molecule has 0 fully saturated rings. The third kappa shape index (κ3) is 2.75. The summed E-state index contributed by atoms with van der Waals surface area (Å²) in [5.41, 5.74) is 2.99. The molecule has 0 bridgehead atoms. The third-order valence-corrected chi connectivity index (χ3v) is 3.61. The Morgan fingerprint density at radius 2 is 2.00 bits per heavy atom. The summed E-state index contributed by atoms with van der Waals surface area (Å²) >= 11 is 3.48. The maximum absolute atomic E-state index is 3.48. The highest BCUT2D eigenvalue weighted by atomic mass is 79.9. The maximum atomic E-state index is 3.48. The molecule has 0 amide bonds. The van der Waals surface area contributed by atoms with E-state index in [1.54, 1.807) is 0 Å². The minimum Gasteiger partial charge on any atom is -0.371 e.